The summed E-state index contributed by atoms with van der Waals surface area (Å²) in [7, 11) is 0. The highest BCUT2D eigenvalue weighted by atomic mass is 35.5. The molecule has 0 amide bonds. The van der Waals surface area contributed by atoms with Gasteiger partial charge in [-0.05, 0) is 37.7 Å². The molecular formula is C14H16Cl2N2S. The van der Waals surface area contributed by atoms with E-state index in [4.69, 9.17) is 23.2 Å². The number of thioether (sulfide) groups is 1. The molecule has 2 aromatic rings. The lowest BCUT2D eigenvalue weighted by Crippen LogP contribution is -2.18. The molecule has 2 atom stereocenters. The van der Waals surface area contributed by atoms with E-state index >= 15 is 0 Å². The Hall–Kier alpha value is -0.380. The van der Waals surface area contributed by atoms with Gasteiger partial charge in [0.2, 0.25) is 0 Å². The molecule has 0 N–H and O–H groups in total. The van der Waals surface area contributed by atoms with Gasteiger partial charge in [0.15, 0.2) is 0 Å². The third kappa shape index (κ3) is 2.48. The van der Waals surface area contributed by atoms with Gasteiger partial charge in [0.1, 0.15) is 5.82 Å². The van der Waals surface area contributed by atoms with E-state index < -0.39 is 0 Å². The van der Waals surface area contributed by atoms with Crippen LogP contribution in [0.2, 0.25) is 5.02 Å². The SMILES string of the molecule is CC(Cl)c1nc2cccc(Cl)c2n1C1CCCSC1. The Morgan fingerprint density at radius 2 is 2.32 bits per heavy atom. The molecule has 0 saturated carbocycles. The second kappa shape index (κ2) is 5.55. The fourth-order valence-electron chi connectivity index (χ4n) is 2.70. The summed E-state index contributed by atoms with van der Waals surface area (Å²) < 4.78 is 2.28. The molecule has 5 heteroatoms. The number of hydrogen-bond donors (Lipinski definition) is 0. The minimum Gasteiger partial charge on any atom is -0.322 e. The average molecular weight is 315 g/mol. The Morgan fingerprint density at radius 1 is 1.47 bits per heavy atom. The molecule has 19 heavy (non-hydrogen) atoms. The van der Waals surface area contributed by atoms with Crippen molar-refractivity contribution >= 4 is 46.0 Å². The lowest BCUT2D eigenvalue weighted by Gasteiger charge is -2.26. The fraction of sp³-hybridized carbons (Fsp3) is 0.500. The highest BCUT2D eigenvalue weighted by Crippen LogP contribution is 2.36. The number of hydrogen-bond acceptors (Lipinski definition) is 2. The Labute approximate surface area is 127 Å². The van der Waals surface area contributed by atoms with Crippen LogP contribution in [0.3, 0.4) is 0 Å². The molecule has 2 heterocycles. The molecule has 1 aromatic heterocycles. The van der Waals surface area contributed by atoms with Crippen molar-refractivity contribution in [1.29, 1.82) is 0 Å². The van der Waals surface area contributed by atoms with E-state index in [0.29, 0.717) is 6.04 Å². The number of alkyl halides is 1. The van der Waals surface area contributed by atoms with Crippen LogP contribution in [0.1, 0.15) is 37.0 Å². The van der Waals surface area contributed by atoms with Crippen LogP contribution < -0.4 is 0 Å². The van der Waals surface area contributed by atoms with Gasteiger partial charge in [0, 0.05) is 11.8 Å². The lowest BCUT2D eigenvalue weighted by atomic mass is 10.1. The maximum atomic E-state index is 6.39. The van der Waals surface area contributed by atoms with Crippen molar-refractivity contribution in [2.24, 2.45) is 0 Å². The first-order valence-electron chi connectivity index (χ1n) is 6.56. The molecule has 1 aromatic carbocycles. The first-order valence-corrected chi connectivity index (χ1v) is 8.53. The normalized spacial score (nSPS) is 21.7. The van der Waals surface area contributed by atoms with Gasteiger partial charge in [-0.25, -0.2) is 4.98 Å². The summed E-state index contributed by atoms with van der Waals surface area (Å²) in [6.07, 6.45) is 2.43. The van der Waals surface area contributed by atoms with Crippen molar-refractivity contribution in [2.75, 3.05) is 11.5 Å². The second-order valence-electron chi connectivity index (χ2n) is 4.93. The summed E-state index contributed by atoms with van der Waals surface area (Å²) in [4.78, 5) is 4.69. The van der Waals surface area contributed by atoms with Gasteiger partial charge in [0.25, 0.3) is 0 Å². The van der Waals surface area contributed by atoms with Gasteiger partial charge in [-0.3, -0.25) is 0 Å². The summed E-state index contributed by atoms with van der Waals surface area (Å²) in [5.41, 5.74) is 1.99. The van der Waals surface area contributed by atoms with Crippen LogP contribution in [0.4, 0.5) is 0 Å². The van der Waals surface area contributed by atoms with Crippen LogP contribution in [-0.4, -0.2) is 21.1 Å². The molecule has 0 aliphatic carbocycles. The Bertz CT molecular complexity index is 588. The average Bonchev–Trinajstić information content (AvgIpc) is 2.81. The summed E-state index contributed by atoms with van der Waals surface area (Å²) in [6, 6.07) is 6.34. The summed E-state index contributed by atoms with van der Waals surface area (Å²) >= 11 is 14.7. The van der Waals surface area contributed by atoms with Crippen molar-refractivity contribution in [3.63, 3.8) is 0 Å². The zero-order valence-corrected chi connectivity index (χ0v) is 13.1. The van der Waals surface area contributed by atoms with E-state index in [1.807, 2.05) is 36.9 Å². The van der Waals surface area contributed by atoms with Crippen LogP contribution in [-0.2, 0) is 0 Å². The third-order valence-electron chi connectivity index (χ3n) is 3.55. The lowest BCUT2D eigenvalue weighted by molar-refractivity contribution is 0.493. The Kier molecular flexibility index (Phi) is 3.97. The van der Waals surface area contributed by atoms with Crippen molar-refractivity contribution in [2.45, 2.75) is 31.2 Å². The number of imidazole rings is 1. The van der Waals surface area contributed by atoms with Crippen LogP contribution in [0.15, 0.2) is 18.2 Å². The minimum absolute atomic E-state index is 0.101. The van der Waals surface area contributed by atoms with E-state index in [9.17, 15) is 0 Å². The number of benzene rings is 1. The molecule has 3 rings (SSSR count). The van der Waals surface area contributed by atoms with E-state index in [-0.39, 0.29) is 5.38 Å². The Balaban J connectivity index is 2.20. The minimum atomic E-state index is -0.101. The molecule has 1 aliphatic rings. The highest BCUT2D eigenvalue weighted by Gasteiger charge is 2.24. The van der Waals surface area contributed by atoms with Crippen LogP contribution in [0.5, 0.6) is 0 Å². The van der Waals surface area contributed by atoms with Gasteiger partial charge in [-0.15, -0.1) is 11.6 Å². The van der Waals surface area contributed by atoms with E-state index in [1.54, 1.807) is 0 Å². The van der Waals surface area contributed by atoms with Crippen molar-refractivity contribution < 1.29 is 0 Å². The predicted octanol–water partition coefficient (Wildman–Crippen LogP) is 5.06. The predicted molar refractivity (Wildman–Crippen MR) is 84.6 cm³/mol. The molecular weight excluding hydrogens is 299 g/mol. The largest absolute Gasteiger partial charge is 0.322 e. The first-order chi connectivity index (χ1) is 9.18. The van der Waals surface area contributed by atoms with Gasteiger partial charge in [-0.2, -0.15) is 11.8 Å². The van der Waals surface area contributed by atoms with Gasteiger partial charge in [0.05, 0.1) is 21.4 Å². The zero-order valence-electron chi connectivity index (χ0n) is 10.8. The van der Waals surface area contributed by atoms with Crippen molar-refractivity contribution in [3.8, 4) is 0 Å². The van der Waals surface area contributed by atoms with Crippen LogP contribution >= 0.6 is 35.0 Å². The molecule has 0 spiro atoms. The van der Waals surface area contributed by atoms with Crippen molar-refractivity contribution in [3.05, 3.63) is 29.0 Å². The highest BCUT2D eigenvalue weighted by molar-refractivity contribution is 7.99. The smallest absolute Gasteiger partial charge is 0.128 e. The summed E-state index contributed by atoms with van der Waals surface area (Å²) in [5.74, 6) is 3.31. The summed E-state index contributed by atoms with van der Waals surface area (Å²) in [6.45, 7) is 1.98. The number of rotatable bonds is 2. The fourth-order valence-corrected chi connectivity index (χ4v) is 4.24. The van der Waals surface area contributed by atoms with Gasteiger partial charge < -0.3 is 4.57 Å². The topological polar surface area (TPSA) is 17.8 Å². The van der Waals surface area contributed by atoms with E-state index in [2.05, 4.69) is 9.55 Å². The molecule has 102 valence electrons. The molecule has 1 saturated heterocycles. The van der Waals surface area contributed by atoms with Gasteiger partial charge in [-0.1, -0.05) is 17.7 Å². The summed E-state index contributed by atoms with van der Waals surface area (Å²) in [5, 5.41) is 0.666. The Morgan fingerprint density at radius 3 is 3.00 bits per heavy atom. The van der Waals surface area contributed by atoms with Crippen molar-refractivity contribution in [1.82, 2.24) is 9.55 Å². The number of halogens is 2. The molecule has 1 fully saturated rings. The molecule has 0 radical (unpaired) electrons. The van der Waals surface area contributed by atoms with Gasteiger partial charge >= 0.3 is 0 Å². The number of fused-ring (bicyclic) bond motifs is 1. The second-order valence-corrected chi connectivity index (χ2v) is 7.15. The number of para-hydroxylation sites is 1. The standard InChI is InChI=1S/C14H16Cl2N2S/c1-9(15)14-17-12-6-2-5-11(16)13(12)18(14)10-4-3-7-19-8-10/h2,5-6,9-10H,3-4,7-8H2,1H3. The monoisotopic (exact) mass is 314 g/mol. The third-order valence-corrected chi connectivity index (χ3v) is 5.24. The maximum Gasteiger partial charge on any atom is 0.128 e. The molecule has 1 aliphatic heterocycles. The molecule has 0 bridgehead atoms. The molecule has 2 nitrogen and oxygen atoms in total. The maximum absolute atomic E-state index is 6.39. The van der Waals surface area contributed by atoms with E-state index in [0.717, 1.165) is 27.6 Å². The number of aromatic nitrogens is 2. The zero-order chi connectivity index (χ0) is 13.4. The quantitative estimate of drug-likeness (QED) is 0.721. The van der Waals surface area contributed by atoms with Crippen LogP contribution in [0.25, 0.3) is 11.0 Å². The van der Waals surface area contributed by atoms with E-state index in [1.165, 1.54) is 18.6 Å². The first kappa shape index (κ1) is 13.6. The molecule has 2 unspecified atom stereocenters. The number of nitrogens with zero attached hydrogens (tertiary/aromatic N) is 2. The van der Waals surface area contributed by atoms with Crippen LogP contribution in [0, 0.1) is 0 Å².